The molecule has 3 N–H and O–H groups in total. The molecule has 0 aliphatic rings. The molecule has 8 heteroatoms. The van der Waals surface area contributed by atoms with Crippen molar-refractivity contribution in [2.24, 2.45) is 0 Å². The van der Waals surface area contributed by atoms with E-state index in [-0.39, 0.29) is 12.2 Å². The lowest BCUT2D eigenvalue weighted by Gasteiger charge is -2.14. The van der Waals surface area contributed by atoms with E-state index in [1.807, 2.05) is 0 Å². The molecule has 112 valence electrons. The minimum Gasteiger partial charge on any atom is -0.478 e. The van der Waals surface area contributed by atoms with Crippen LogP contribution in [-0.4, -0.2) is 37.2 Å². The van der Waals surface area contributed by atoms with Crippen LogP contribution in [0.25, 0.3) is 0 Å². The van der Waals surface area contributed by atoms with E-state index < -0.39 is 32.7 Å². The third-order valence-electron chi connectivity index (χ3n) is 2.62. The Hall–Kier alpha value is -1.51. The van der Waals surface area contributed by atoms with Crippen LogP contribution in [0.3, 0.4) is 0 Å². The second-order valence-electron chi connectivity index (χ2n) is 4.34. The summed E-state index contributed by atoms with van der Waals surface area (Å²) in [5, 5.41) is 17.4. The minimum atomic E-state index is -4.06. The number of aromatic carboxylic acids is 1. The first-order valence-corrected chi connectivity index (χ1v) is 7.42. The molecule has 0 heterocycles. The van der Waals surface area contributed by atoms with Gasteiger partial charge in [0.25, 0.3) is 0 Å². The molecule has 0 amide bonds. The molecule has 1 rings (SSSR count). The third kappa shape index (κ3) is 4.26. The lowest BCUT2D eigenvalue weighted by Crippen LogP contribution is -2.33. The zero-order chi connectivity index (χ0) is 15.3. The Bertz CT molecular complexity index is 588. The van der Waals surface area contributed by atoms with Gasteiger partial charge >= 0.3 is 5.97 Å². The SMILES string of the molecule is CC(CCCO)NS(=O)(=O)c1ccc(C(=O)O)cc1F. The maximum absolute atomic E-state index is 13.7. The Morgan fingerprint density at radius 2 is 2.10 bits per heavy atom. The third-order valence-corrected chi connectivity index (χ3v) is 4.24. The van der Waals surface area contributed by atoms with E-state index in [4.69, 9.17) is 10.2 Å². The fourth-order valence-electron chi connectivity index (χ4n) is 1.64. The summed E-state index contributed by atoms with van der Waals surface area (Å²) in [7, 11) is -4.06. The molecule has 1 aromatic carbocycles. The number of carbonyl (C=O) groups is 1. The second-order valence-corrected chi connectivity index (χ2v) is 6.02. The van der Waals surface area contributed by atoms with Gasteiger partial charge in [-0.15, -0.1) is 0 Å². The van der Waals surface area contributed by atoms with E-state index >= 15 is 0 Å². The molecule has 0 aliphatic heterocycles. The Balaban J connectivity index is 2.95. The highest BCUT2D eigenvalue weighted by atomic mass is 32.2. The molecule has 1 atom stereocenters. The summed E-state index contributed by atoms with van der Waals surface area (Å²) in [6.45, 7) is 1.53. The van der Waals surface area contributed by atoms with Gasteiger partial charge in [-0.25, -0.2) is 22.3 Å². The summed E-state index contributed by atoms with van der Waals surface area (Å²) >= 11 is 0. The van der Waals surface area contributed by atoms with Gasteiger partial charge in [-0.1, -0.05) is 0 Å². The van der Waals surface area contributed by atoms with Crippen LogP contribution in [0, 0.1) is 5.82 Å². The van der Waals surface area contributed by atoms with Crippen molar-refractivity contribution in [3.63, 3.8) is 0 Å². The predicted molar refractivity (Wildman–Crippen MR) is 69.5 cm³/mol. The quantitative estimate of drug-likeness (QED) is 0.696. The number of aliphatic hydroxyl groups excluding tert-OH is 1. The highest BCUT2D eigenvalue weighted by Crippen LogP contribution is 2.17. The summed E-state index contributed by atoms with van der Waals surface area (Å²) < 4.78 is 39.8. The van der Waals surface area contributed by atoms with Crippen LogP contribution in [0.15, 0.2) is 23.1 Å². The number of rotatable bonds is 7. The van der Waals surface area contributed by atoms with E-state index in [0.29, 0.717) is 18.9 Å². The van der Waals surface area contributed by atoms with E-state index in [1.54, 1.807) is 6.92 Å². The van der Waals surface area contributed by atoms with Gasteiger partial charge in [0.2, 0.25) is 10.0 Å². The van der Waals surface area contributed by atoms with Gasteiger partial charge < -0.3 is 10.2 Å². The van der Waals surface area contributed by atoms with Gasteiger partial charge in [0.15, 0.2) is 0 Å². The first-order valence-electron chi connectivity index (χ1n) is 5.94. The van der Waals surface area contributed by atoms with Crippen molar-refractivity contribution in [3.8, 4) is 0 Å². The fourth-order valence-corrected chi connectivity index (χ4v) is 2.97. The van der Waals surface area contributed by atoms with Gasteiger partial charge in [-0.2, -0.15) is 0 Å². The van der Waals surface area contributed by atoms with Crippen molar-refractivity contribution in [3.05, 3.63) is 29.6 Å². The van der Waals surface area contributed by atoms with Crippen LogP contribution in [0.2, 0.25) is 0 Å². The van der Waals surface area contributed by atoms with Gasteiger partial charge in [0, 0.05) is 12.6 Å². The summed E-state index contributed by atoms with van der Waals surface area (Å²) in [6.07, 6.45) is 0.828. The first-order chi connectivity index (χ1) is 9.27. The van der Waals surface area contributed by atoms with Crippen molar-refractivity contribution in [2.75, 3.05) is 6.61 Å². The van der Waals surface area contributed by atoms with Crippen LogP contribution >= 0.6 is 0 Å². The van der Waals surface area contributed by atoms with Gasteiger partial charge in [0.1, 0.15) is 10.7 Å². The monoisotopic (exact) mass is 305 g/mol. The topological polar surface area (TPSA) is 104 Å². The molecule has 20 heavy (non-hydrogen) atoms. The molecule has 0 spiro atoms. The van der Waals surface area contributed by atoms with E-state index in [9.17, 15) is 17.6 Å². The number of hydrogen-bond donors (Lipinski definition) is 3. The average Bonchev–Trinajstić information content (AvgIpc) is 2.35. The van der Waals surface area contributed by atoms with Gasteiger partial charge in [-0.3, -0.25) is 0 Å². The number of sulfonamides is 1. The molecule has 0 aliphatic carbocycles. The standard InChI is InChI=1S/C12H16FNO5S/c1-8(3-2-6-15)14-20(18,19)11-5-4-9(12(16)17)7-10(11)13/h4-5,7-8,14-15H,2-3,6H2,1H3,(H,16,17). The maximum Gasteiger partial charge on any atom is 0.335 e. The summed E-state index contributed by atoms with van der Waals surface area (Å²) in [5.41, 5.74) is -0.324. The normalized spacial score (nSPS) is 13.2. The highest BCUT2D eigenvalue weighted by Gasteiger charge is 2.22. The number of carboxylic acid groups (broad SMARTS) is 1. The predicted octanol–water partition coefficient (Wildman–Crippen LogP) is 0.963. The molecule has 0 fully saturated rings. The highest BCUT2D eigenvalue weighted by molar-refractivity contribution is 7.89. The Morgan fingerprint density at radius 1 is 1.45 bits per heavy atom. The molecular weight excluding hydrogens is 289 g/mol. The lowest BCUT2D eigenvalue weighted by atomic mass is 10.2. The van der Waals surface area contributed by atoms with Crippen LogP contribution < -0.4 is 4.72 Å². The molecule has 6 nitrogen and oxygen atoms in total. The Labute approximate surface area is 116 Å². The fraction of sp³-hybridized carbons (Fsp3) is 0.417. The zero-order valence-electron chi connectivity index (χ0n) is 10.8. The van der Waals surface area contributed by atoms with Crippen LogP contribution in [-0.2, 0) is 10.0 Å². The Kier molecular flexibility index (Phi) is 5.61. The molecular formula is C12H16FNO5S. The van der Waals surface area contributed by atoms with Crippen LogP contribution in [0.1, 0.15) is 30.1 Å². The molecule has 1 unspecified atom stereocenters. The zero-order valence-corrected chi connectivity index (χ0v) is 11.7. The van der Waals surface area contributed by atoms with Crippen molar-refractivity contribution < 1.29 is 27.8 Å². The summed E-state index contributed by atoms with van der Waals surface area (Å²) in [6, 6.07) is 2.14. The largest absolute Gasteiger partial charge is 0.478 e. The number of carboxylic acids is 1. The van der Waals surface area contributed by atoms with Crippen molar-refractivity contribution in [2.45, 2.75) is 30.7 Å². The molecule has 1 aromatic rings. The smallest absolute Gasteiger partial charge is 0.335 e. The Morgan fingerprint density at radius 3 is 2.60 bits per heavy atom. The van der Waals surface area contributed by atoms with E-state index in [2.05, 4.69) is 4.72 Å². The maximum atomic E-state index is 13.7. The van der Waals surface area contributed by atoms with Crippen LogP contribution in [0.5, 0.6) is 0 Å². The molecule has 0 aromatic heterocycles. The van der Waals surface area contributed by atoms with E-state index in [1.165, 1.54) is 0 Å². The van der Waals surface area contributed by atoms with Crippen molar-refractivity contribution in [1.82, 2.24) is 4.72 Å². The second kappa shape index (κ2) is 6.78. The molecule has 0 radical (unpaired) electrons. The van der Waals surface area contributed by atoms with Crippen molar-refractivity contribution >= 4 is 16.0 Å². The molecule has 0 saturated heterocycles. The number of aliphatic hydroxyl groups is 1. The molecule has 0 saturated carbocycles. The summed E-state index contributed by atoms with van der Waals surface area (Å²) in [5.74, 6) is -2.45. The number of hydrogen-bond acceptors (Lipinski definition) is 4. The molecule has 0 bridgehead atoms. The number of nitrogens with one attached hydrogen (secondary N) is 1. The summed E-state index contributed by atoms with van der Waals surface area (Å²) in [4.78, 5) is 10.1. The van der Waals surface area contributed by atoms with Gasteiger partial charge in [0.05, 0.1) is 5.56 Å². The minimum absolute atomic E-state index is 0.0618. The first kappa shape index (κ1) is 16.5. The van der Waals surface area contributed by atoms with E-state index in [0.717, 1.165) is 12.1 Å². The average molecular weight is 305 g/mol. The number of halogens is 1. The lowest BCUT2D eigenvalue weighted by molar-refractivity contribution is 0.0696. The number of benzene rings is 1. The van der Waals surface area contributed by atoms with Gasteiger partial charge in [-0.05, 0) is 38.0 Å². The van der Waals surface area contributed by atoms with Crippen LogP contribution in [0.4, 0.5) is 4.39 Å². The van der Waals surface area contributed by atoms with Crippen molar-refractivity contribution in [1.29, 1.82) is 0 Å².